The van der Waals surface area contributed by atoms with Crippen LogP contribution in [-0.4, -0.2) is 28.4 Å². The highest BCUT2D eigenvalue weighted by molar-refractivity contribution is 7.99. The molecule has 1 rings (SSSR count). The average Bonchev–Trinajstić information content (AvgIpc) is 2.25. The van der Waals surface area contributed by atoms with Crippen molar-refractivity contribution in [2.24, 2.45) is 0 Å². The second-order valence-electron chi connectivity index (χ2n) is 2.99. The summed E-state index contributed by atoms with van der Waals surface area (Å²) in [5, 5.41) is 8.39. The van der Waals surface area contributed by atoms with Gasteiger partial charge in [-0.2, -0.15) is 0 Å². The van der Waals surface area contributed by atoms with E-state index in [1.54, 1.807) is 12.1 Å². The second-order valence-corrected chi connectivity index (χ2v) is 4.09. The number of Topliss-reactive ketones (excluding diaryl/α,β-unsaturated/α-hetero) is 1. The molecule has 0 aromatic heterocycles. The van der Waals surface area contributed by atoms with E-state index in [-0.39, 0.29) is 11.5 Å². The lowest BCUT2D eigenvalue weighted by atomic mass is 10.1. The lowest BCUT2D eigenvalue weighted by Crippen LogP contribution is -2.03. The largest absolute Gasteiger partial charge is 0.481 e. The number of ketones is 1. The van der Waals surface area contributed by atoms with E-state index in [1.807, 2.05) is 18.2 Å². The number of thioether (sulfide) groups is 1. The monoisotopic (exact) mass is 224 g/mol. The van der Waals surface area contributed by atoms with Gasteiger partial charge in [0.15, 0.2) is 5.78 Å². The summed E-state index contributed by atoms with van der Waals surface area (Å²) < 4.78 is 0. The van der Waals surface area contributed by atoms with Crippen molar-refractivity contribution >= 4 is 23.5 Å². The Bertz CT molecular complexity index is 335. The molecule has 0 saturated carbocycles. The molecule has 0 fully saturated rings. The lowest BCUT2D eigenvalue weighted by molar-refractivity contribution is -0.133. The smallest absolute Gasteiger partial charge is 0.313 e. The Labute approximate surface area is 92.5 Å². The van der Waals surface area contributed by atoms with Crippen molar-refractivity contribution in [1.29, 1.82) is 0 Å². The van der Waals surface area contributed by atoms with E-state index >= 15 is 0 Å². The van der Waals surface area contributed by atoms with E-state index in [0.29, 0.717) is 17.7 Å². The number of aliphatic carboxylic acids is 1. The molecule has 0 aliphatic carbocycles. The van der Waals surface area contributed by atoms with Gasteiger partial charge in [-0.3, -0.25) is 9.59 Å². The second kappa shape index (κ2) is 6.24. The lowest BCUT2D eigenvalue weighted by Gasteiger charge is -1.99. The molecule has 1 aromatic carbocycles. The zero-order valence-corrected chi connectivity index (χ0v) is 9.00. The van der Waals surface area contributed by atoms with Gasteiger partial charge >= 0.3 is 5.97 Å². The van der Waals surface area contributed by atoms with Gasteiger partial charge in [0.25, 0.3) is 0 Å². The van der Waals surface area contributed by atoms with Crippen molar-refractivity contribution in [2.75, 3.05) is 11.5 Å². The van der Waals surface area contributed by atoms with E-state index in [1.165, 1.54) is 11.8 Å². The highest BCUT2D eigenvalue weighted by Crippen LogP contribution is 2.07. The van der Waals surface area contributed by atoms with Gasteiger partial charge in [0.2, 0.25) is 0 Å². The molecule has 15 heavy (non-hydrogen) atoms. The summed E-state index contributed by atoms with van der Waals surface area (Å²) in [7, 11) is 0. The van der Waals surface area contributed by atoms with Gasteiger partial charge in [-0.25, -0.2) is 0 Å². The average molecular weight is 224 g/mol. The van der Waals surface area contributed by atoms with Crippen LogP contribution >= 0.6 is 11.8 Å². The fourth-order valence-corrected chi connectivity index (χ4v) is 1.74. The molecule has 3 nitrogen and oxygen atoms in total. The fourth-order valence-electron chi connectivity index (χ4n) is 1.09. The molecule has 1 N–H and O–H groups in total. The molecule has 0 unspecified atom stereocenters. The summed E-state index contributed by atoms with van der Waals surface area (Å²) in [6.45, 7) is 0. The highest BCUT2D eigenvalue weighted by Gasteiger charge is 2.05. The standard InChI is InChI=1S/C11H12O3S/c12-10(6-7-15-8-11(13)14)9-4-2-1-3-5-9/h1-5H,6-8H2,(H,13,14). The molecule has 0 amide bonds. The molecule has 0 bridgehead atoms. The van der Waals surface area contributed by atoms with Crippen LogP contribution in [0.25, 0.3) is 0 Å². The quantitative estimate of drug-likeness (QED) is 0.593. The topological polar surface area (TPSA) is 54.4 Å². The van der Waals surface area contributed by atoms with Gasteiger partial charge in [0, 0.05) is 17.7 Å². The minimum atomic E-state index is -0.841. The van der Waals surface area contributed by atoms with Crippen LogP contribution in [0.3, 0.4) is 0 Å². The molecule has 0 spiro atoms. The van der Waals surface area contributed by atoms with E-state index in [2.05, 4.69) is 0 Å². The first-order chi connectivity index (χ1) is 7.20. The number of hydrogen-bond acceptors (Lipinski definition) is 3. The highest BCUT2D eigenvalue weighted by atomic mass is 32.2. The van der Waals surface area contributed by atoms with Gasteiger partial charge in [0.1, 0.15) is 0 Å². The van der Waals surface area contributed by atoms with Crippen molar-refractivity contribution in [1.82, 2.24) is 0 Å². The van der Waals surface area contributed by atoms with Gasteiger partial charge in [-0.1, -0.05) is 30.3 Å². The maximum absolute atomic E-state index is 11.5. The van der Waals surface area contributed by atoms with Crippen LogP contribution in [0.1, 0.15) is 16.8 Å². The molecule has 0 saturated heterocycles. The minimum Gasteiger partial charge on any atom is -0.481 e. The predicted octanol–water partition coefficient (Wildman–Crippen LogP) is 2.08. The van der Waals surface area contributed by atoms with Gasteiger partial charge in [-0.15, -0.1) is 11.8 Å². The summed E-state index contributed by atoms with van der Waals surface area (Å²) in [6.07, 6.45) is 0.391. The number of carbonyl (C=O) groups is 2. The molecule has 0 radical (unpaired) electrons. The first kappa shape index (κ1) is 11.8. The molecule has 0 aliphatic rings. The van der Waals surface area contributed by atoms with Crippen LogP contribution in [0.2, 0.25) is 0 Å². The Kier molecular flexibility index (Phi) is 4.90. The maximum Gasteiger partial charge on any atom is 0.313 e. The first-order valence-corrected chi connectivity index (χ1v) is 5.73. The van der Waals surface area contributed by atoms with Crippen LogP contribution in [-0.2, 0) is 4.79 Å². The number of carboxylic acids is 1. The van der Waals surface area contributed by atoms with Crippen LogP contribution in [0.4, 0.5) is 0 Å². The third kappa shape index (κ3) is 4.65. The molecular formula is C11H12O3S. The summed E-state index contributed by atoms with van der Waals surface area (Å²) in [4.78, 5) is 21.7. The fraction of sp³-hybridized carbons (Fsp3) is 0.273. The Hall–Kier alpha value is -1.29. The molecule has 0 atom stereocenters. The summed E-state index contributed by atoms with van der Waals surface area (Å²) in [6, 6.07) is 9.03. The van der Waals surface area contributed by atoms with Crippen LogP contribution in [0, 0.1) is 0 Å². The number of hydrogen-bond donors (Lipinski definition) is 1. The van der Waals surface area contributed by atoms with Crippen LogP contribution in [0.15, 0.2) is 30.3 Å². The predicted molar refractivity (Wildman–Crippen MR) is 60.4 cm³/mol. The Morgan fingerprint density at radius 1 is 1.20 bits per heavy atom. The normalized spacial score (nSPS) is 9.87. The van der Waals surface area contributed by atoms with E-state index < -0.39 is 5.97 Å². The van der Waals surface area contributed by atoms with Gasteiger partial charge < -0.3 is 5.11 Å². The number of carbonyl (C=O) groups excluding carboxylic acids is 1. The van der Waals surface area contributed by atoms with Crippen molar-refractivity contribution in [3.05, 3.63) is 35.9 Å². The molecular weight excluding hydrogens is 212 g/mol. The third-order valence-electron chi connectivity index (χ3n) is 1.79. The van der Waals surface area contributed by atoms with Gasteiger partial charge in [0.05, 0.1) is 5.75 Å². The molecule has 0 heterocycles. The number of carboxylic acid groups (broad SMARTS) is 1. The first-order valence-electron chi connectivity index (χ1n) is 4.58. The van der Waals surface area contributed by atoms with Crippen LogP contribution < -0.4 is 0 Å². The molecule has 80 valence electrons. The summed E-state index contributed by atoms with van der Waals surface area (Å²) in [5.74, 6) is -0.164. The third-order valence-corrected chi connectivity index (χ3v) is 2.74. The zero-order chi connectivity index (χ0) is 11.1. The zero-order valence-electron chi connectivity index (χ0n) is 8.18. The minimum absolute atomic E-state index is 0.0576. The molecule has 0 aliphatic heterocycles. The number of rotatable bonds is 6. The Morgan fingerprint density at radius 3 is 2.47 bits per heavy atom. The van der Waals surface area contributed by atoms with E-state index in [4.69, 9.17) is 5.11 Å². The van der Waals surface area contributed by atoms with Gasteiger partial charge in [-0.05, 0) is 0 Å². The van der Waals surface area contributed by atoms with Crippen molar-refractivity contribution in [3.8, 4) is 0 Å². The summed E-state index contributed by atoms with van der Waals surface area (Å²) >= 11 is 1.26. The summed E-state index contributed by atoms with van der Waals surface area (Å²) in [5.41, 5.74) is 0.688. The van der Waals surface area contributed by atoms with E-state index in [0.717, 1.165) is 0 Å². The van der Waals surface area contributed by atoms with Crippen molar-refractivity contribution in [3.63, 3.8) is 0 Å². The Morgan fingerprint density at radius 2 is 1.87 bits per heavy atom. The van der Waals surface area contributed by atoms with Crippen molar-refractivity contribution in [2.45, 2.75) is 6.42 Å². The molecule has 4 heteroatoms. The SMILES string of the molecule is O=C(O)CSCCC(=O)c1ccccc1. The van der Waals surface area contributed by atoms with E-state index in [9.17, 15) is 9.59 Å². The Balaban J connectivity index is 2.28. The number of benzene rings is 1. The van der Waals surface area contributed by atoms with Crippen molar-refractivity contribution < 1.29 is 14.7 Å². The van der Waals surface area contributed by atoms with Crippen LogP contribution in [0.5, 0.6) is 0 Å². The maximum atomic E-state index is 11.5. The molecule has 1 aromatic rings.